The van der Waals surface area contributed by atoms with E-state index in [0.29, 0.717) is 31.9 Å². The maximum absolute atomic E-state index is 12.6. The molecule has 2 saturated heterocycles. The standard InChI is InChI=1S/C19H22N2O3S/c22-19(21-6-8-23-9-7-21)15-3-1-4-16(11-15)24-17-12-20(13-17)14-18-5-2-10-25-18/h1-5,10-11,17H,6-9,12-14H2. The summed E-state index contributed by atoms with van der Waals surface area (Å²) in [5.74, 6) is 0.835. The lowest BCUT2D eigenvalue weighted by molar-refractivity contribution is 0.0150. The summed E-state index contributed by atoms with van der Waals surface area (Å²) in [6, 6.07) is 11.8. The molecule has 1 amide bonds. The molecule has 1 aromatic heterocycles. The van der Waals surface area contributed by atoms with Crippen molar-refractivity contribution in [2.24, 2.45) is 0 Å². The zero-order valence-electron chi connectivity index (χ0n) is 14.1. The smallest absolute Gasteiger partial charge is 0.254 e. The Labute approximate surface area is 151 Å². The fraction of sp³-hybridized carbons (Fsp3) is 0.421. The van der Waals surface area contributed by atoms with E-state index in [1.807, 2.05) is 29.2 Å². The first-order chi connectivity index (χ1) is 12.3. The number of hydrogen-bond acceptors (Lipinski definition) is 5. The number of morpholine rings is 1. The summed E-state index contributed by atoms with van der Waals surface area (Å²) < 4.78 is 11.4. The van der Waals surface area contributed by atoms with E-state index < -0.39 is 0 Å². The number of amides is 1. The molecule has 5 nitrogen and oxygen atoms in total. The number of rotatable bonds is 5. The predicted molar refractivity (Wildman–Crippen MR) is 97.2 cm³/mol. The zero-order valence-corrected chi connectivity index (χ0v) is 14.9. The number of hydrogen-bond donors (Lipinski definition) is 0. The molecule has 0 saturated carbocycles. The number of ether oxygens (including phenoxy) is 2. The molecule has 3 heterocycles. The van der Waals surface area contributed by atoms with Crippen LogP contribution in [0.3, 0.4) is 0 Å². The highest BCUT2D eigenvalue weighted by molar-refractivity contribution is 7.09. The quantitative estimate of drug-likeness (QED) is 0.824. The van der Waals surface area contributed by atoms with Crippen molar-refractivity contribution in [1.29, 1.82) is 0 Å². The predicted octanol–water partition coefficient (Wildman–Crippen LogP) is 2.48. The first-order valence-electron chi connectivity index (χ1n) is 8.66. The third-order valence-electron chi connectivity index (χ3n) is 4.57. The highest BCUT2D eigenvalue weighted by Crippen LogP contribution is 2.22. The molecule has 25 heavy (non-hydrogen) atoms. The van der Waals surface area contributed by atoms with Gasteiger partial charge in [0.05, 0.1) is 13.2 Å². The van der Waals surface area contributed by atoms with Crippen LogP contribution in [0.15, 0.2) is 41.8 Å². The van der Waals surface area contributed by atoms with E-state index in [-0.39, 0.29) is 12.0 Å². The van der Waals surface area contributed by atoms with Crippen LogP contribution in [0.1, 0.15) is 15.2 Å². The van der Waals surface area contributed by atoms with Gasteiger partial charge in [0, 0.05) is 43.2 Å². The second-order valence-corrected chi connectivity index (χ2v) is 7.48. The Kier molecular flexibility index (Phi) is 5.01. The fourth-order valence-electron chi connectivity index (χ4n) is 3.19. The summed E-state index contributed by atoms with van der Waals surface area (Å²) in [6.45, 7) is 5.40. The van der Waals surface area contributed by atoms with Crippen LogP contribution in [0.5, 0.6) is 5.75 Å². The van der Waals surface area contributed by atoms with E-state index in [1.54, 1.807) is 11.3 Å². The van der Waals surface area contributed by atoms with Gasteiger partial charge in [0.2, 0.25) is 0 Å². The van der Waals surface area contributed by atoms with E-state index in [1.165, 1.54) is 4.88 Å². The molecule has 0 unspecified atom stereocenters. The molecule has 0 aliphatic carbocycles. The average Bonchev–Trinajstić information content (AvgIpc) is 3.13. The van der Waals surface area contributed by atoms with Gasteiger partial charge in [-0.05, 0) is 29.6 Å². The fourth-order valence-corrected chi connectivity index (χ4v) is 3.94. The Morgan fingerprint density at radius 1 is 1.20 bits per heavy atom. The van der Waals surface area contributed by atoms with Gasteiger partial charge in [0.1, 0.15) is 11.9 Å². The number of carbonyl (C=O) groups excluding carboxylic acids is 1. The normalized spacial score (nSPS) is 18.8. The third-order valence-corrected chi connectivity index (χ3v) is 5.43. The minimum Gasteiger partial charge on any atom is -0.488 e. The first-order valence-corrected chi connectivity index (χ1v) is 9.54. The second-order valence-electron chi connectivity index (χ2n) is 6.45. The minimum absolute atomic E-state index is 0.0571. The van der Waals surface area contributed by atoms with Crippen molar-refractivity contribution in [2.75, 3.05) is 39.4 Å². The van der Waals surface area contributed by atoms with Gasteiger partial charge in [-0.3, -0.25) is 9.69 Å². The third kappa shape index (κ3) is 4.03. The number of nitrogens with zero attached hydrogens (tertiary/aromatic N) is 2. The molecule has 6 heteroatoms. The molecule has 0 bridgehead atoms. The van der Waals surface area contributed by atoms with Crippen LogP contribution in [-0.4, -0.2) is 61.2 Å². The van der Waals surface area contributed by atoms with E-state index >= 15 is 0 Å². The van der Waals surface area contributed by atoms with E-state index in [9.17, 15) is 4.79 Å². The Balaban J connectivity index is 1.31. The summed E-state index contributed by atoms with van der Waals surface area (Å²) >= 11 is 1.79. The van der Waals surface area contributed by atoms with Gasteiger partial charge in [-0.2, -0.15) is 0 Å². The highest BCUT2D eigenvalue weighted by atomic mass is 32.1. The summed E-state index contributed by atoms with van der Waals surface area (Å²) in [5.41, 5.74) is 0.689. The molecule has 0 radical (unpaired) electrons. The Morgan fingerprint density at radius 3 is 2.80 bits per heavy atom. The number of carbonyl (C=O) groups is 1. The summed E-state index contributed by atoms with van der Waals surface area (Å²) in [4.78, 5) is 18.2. The van der Waals surface area contributed by atoms with E-state index in [4.69, 9.17) is 9.47 Å². The molecular weight excluding hydrogens is 336 g/mol. The molecule has 1 aromatic carbocycles. The van der Waals surface area contributed by atoms with Crippen LogP contribution in [0.2, 0.25) is 0 Å². The lowest BCUT2D eigenvalue weighted by atomic mass is 10.1. The van der Waals surface area contributed by atoms with Crippen molar-refractivity contribution in [3.63, 3.8) is 0 Å². The van der Waals surface area contributed by atoms with E-state index in [0.717, 1.165) is 25.4 Å². The topological polar surface area (TPSA) is 42.0 Å². The molecule has 2 aromatic rings. The molecule has 0 atom stereocenters. The SMILES string of the molecule is O=C(c1cccc(OC2CN(Cc3cccs3)C2)c1)N1CCOCC1. The van der Waals surface area contributed by atoms with Crippen molar-refractivity contribution in [1.82, 2.24) is 9.80 Å². The van der Waals surface area contributed by atoms with Gasteiger partial charge >= 0.3 is 0 Å². The zero-order chi connectivity index (χ0) is 17.1. The van der Waals surface area contributed by atoms with Crippen molar-refractivity contribution >= 4 is 17.2 Å². The summed E-state index contributed by atoms with van der Waals surface area (Å²) in [5, 5.41) is 2.11. The second kappa shape index (κ2) is 7.56. The van der Waals surface area contributed by atoms with Gasteiger partial charge < -0.3 is 14.4 Å². The lowest BCUT2D eigenvalue weighted by Gasteiger charge is -2.38. The van der Waals surface area contributed by atoms with Crippen LogP contribution >= 0.6 is 11.3 Å². The molecule has 2 aliphatic rings. The summed E-state index contributed by atoms with van der Waals surface area (Å²) in [7, 11) is 0. The largest absolute Gasteiger partial charge is 0.488 e. The van der Waals surface area contributed by atoms with Crippen LogP contribution in [-0.2, 0) is 11.3 Å². The number of likely N-dealkylation sites (tertiary alicyclic amines) is 1. The monoisotopic (exact) mass is 358 g/mol. The molecule has 0 N–H and O–H groups in total. The van der Waals surface area contributed by atoms with Crippen LogP contribution in [0.25, 0.3) is 0 Å². The Morgan fingerprint density at radius 2 is 2.04 bits per heavy atom. The number of thiophene rings is 1. The molecule has 4 rings (SSSR count). The van der Waals surface area contributed by atoms with Gasteiger partial charge in [-0.15, -0.1) is 11.3 Å². The van der Waals surface area contributed by atoms with Gasteiger partial charge in [-0.1, -0.05) is 12.1 Å². The summed E-state index contributed by atoms with van der Waals surface area (Å²) in [6.07, 6.45) is 0.203. The van der Waals surface area contributed by atoms with Gasteiger partial charge in [0.25, 0.3) is 5.91 Å². The average molecular weight is 358 g/mol. The van der Waals surface area contributed by atoms with Crippen molar-refractivity contribution < 1.29 is 14.3 Å². The Bertz CT molecular complexity index is 707. The minimum atomic E-state index is 0.0571. The van der Waals surface area contributed by atoms with Crippen molar-refractivity contribution in [2.45, 2.75) is 12.6 Å². The maximum atomic E-state index is 12.6. The van der Waals surface area contributed by atoms with E-state index in [2.05, 4.69) is 22.4 Å². The Hall–Kier alpha value is -1.89. The van der Waals surface area contributed by atoms with Crippen molar-refractivity contribution in [3.8, 4) is 5.75 Å². The van der Waals surface area contributed by atoms with Gasteiger partial charge in [0.15, 0.2) is 0 Å². The molecule has 132 valence electrons. The lowest BCUT2D eigenvalue weighted by Crippen LogP contribution is -2.52. The molecular formula is C19H22N2O3S. The van der Waals surface area contributed by atoms with Crippen LogP contribution in [0, 0.1) is 0 Å². The maximum Gasteiger partial charge on any atom is 0.254 e. The molecule has 2 fully saturated rings. The van der Waals surface area contributed by atoms with Crippen LogP contribution in [0.4, 0.5) is 0 Å². The highest BCUT2D eigenvalue weighted by Gasteiger charge is 2.28. The van der Waals surface area contributed by atoms with Crippen molar-refractivity contribution in [3.05, 3.63) is 52.2 Å². The number of benzene rings is 1. The van der Waals surface area contributed by atoms with Gasteiger partial charge in [-0.25, -0.2) is 0 Å². The molecule has 0 spiro atoms. The first kappa shape index (κ1) is 16.6. The molecule has 2 aliphatic heterocycles. The van der Waals surface area contributed by atoms with Crippen LogP contribution < -0.4 is 4.74 Å².